The summed E-state index contributed by atoms with van der Waals surface area (Å²) in [5.41, 5.74) is 8.06. The van der Waals surface area contributed by atoms with Gasteiger partial charge in [0.1, 0.15) is 0 Å². The molecule has 2 N–H and O–H groups in total. The Morgan fingerprint density at radius 2 is 2.26 bits per heavy atom. The SMILES string of the molecule is CC(Cn1cccn1)n1c(N)nc2cc(I)ccc21. The van der Waals surface area contributed by atoms with Crippen LogP contribution in [0.3, 0.4) is 0 Å². The summed E-state index contributed by atoms with van der Waals surface area (Å²) >= 11 is 2.28. The van der Waals surface area contributed by atoms with Crippen LogP contribution in [0.1, 0.15) is 13.0 Å². The van der Waals surface area contributed by atoms with Crippen LogP contribution in [-0.2, 0) is 6.54 Å². The summed E-state index contributed by atoms with van der Waals surface area (Å²) in [4.78, 5) is 4.43. The van der Waals surface area contributed by atoms with Crippen LogP contribution in [0.5, 0.6) is 0 Å². The molecule has 0 aliphatic carbocycles. The number of aromatic nitrogens is 4. The number of nitrogens with two attached hydrogens (primary N) is 1. The number of nitrogens with zero attached hydrogens (tertiary/aromatic N) is 4. The van der Waals surface area contributed by atoms with Gasteiger partial charge in [-0.2, -0.15) is 5.10 Å². The highest BCUT2D eigenvalue weighted by Crippen LogP contribution is 2.24. The van der Waals surface area contributed by atoms with Gasteiger partial charge >= 0.3 is 0 Å². The van der Waals surface area contributed by atoms with Crippen molar-refractivity contribution in [3.8, 4) is 0 Å². The standard InChI is InChI=1S/C13H14IN5/c1-9(8-18-6-2-5-16-18)19-12-4-3-10(14)7-11(12)17-13(19)15/h2-7,9H,8H2,1H3,(H2,15,17). The summed E-state index contributed by atoms with van der Waals surface area (Å²) in [5.74, 6) is 0.552. The molecule has 6 heteroatoms. The summed E-state index contributed by atoms with van der Waals surface area (Å²) < 4.78 is 5.13. The molecular formula is C13H14IN5. The van der Waals surface area contributed by atoms with Gasteiger partial charge < -0.3 is 10.3 Å². The van der Waals surface area contributed by atoms with Crippen molar-refractivity contribution >= 4 is 39.6 Å². The van der Waals surface area contributed by atoms with E-state index in [1.165, 1.54) is 0 Å². The molecule has 1 unspecified atom stereocenters. The van der Waals surface area contributed by atoms with Gasteiger partial charge in [0.25, 0.3) is 0 Å². The number of anilines is 1. The summed E-state index contributed by atoms with van der Waals surface area (Å²) in [7, 11) is 0. The van der Waals surface area contributed by atoms with Gasteiger partial charge in [-0.05, 0) is 53.8 Å². The molecule has 0 bridgehead atoms. The third-order valence-electron chi connectivity index (χ3n) is 3.13. The maximum atomic E-state index is 6.05. The van der Waals surface area contributed by atoms with Crippen molar-refractivity contribution in [3.05, 3.63) is 40.2 Å². The highest BCUT2D eigenvalue weighted by Gasteiger charge is 2.14. The summed E-state index contributed by atoms with van der Waals surface area (Å²) in [5, 5.41) is 4.23. The van der Waals surface area contributed by atoms with Crippen molar-refractivity contribution in [2.24, 2.45) is 0 Å². The van der Waals surface area contributed by atoms with E-state index in [2.05, 4.69) is 56.3 Å². The minimum Gasteiger partial charge on any atom is -0.369 e. The van der Waals surface area contributed by atoms with E-state index in [0.29, 0.717) is 5.95 Å². The van der Waals surface area contributed by atoms with Gasteiger partial charge in [-0.3, -0.25) is 4.68 Å². The van der Waals surface area contributed by atoms with Crippen LogP contribution in [0.4, 0.5) is 5.95 Å². The largest absolute Gasteiger partial charge is 0.369 e. The molecule has 2 heterocycles. The highest BCUT2D eigenvalue weighted by molar-refractivity contribution is 14.1. The molecule has 0 fully saturated rings. The zero-order chi connectivity index (χ0) is 13.4. The fourth-order valence-corrected chi connectivity index (χ4v) is 2.79. The molecule has 19 heavy (non-hydrogen) atoms. The monoisotopic (exact) mass is 367 g/mol. The van der Waals surface area contributed by atoms with E-state index in [9.17, 15) is 0 Å². The van der Waals surface area contributed by atoms with Crippen LogP contribution in [0.15, 0.2) is 36.7 Å². The second-order valence-electron chi connectivity index (χ2n) is 4.55. The number of benzene rings is 1. The molecule has 0 radical (unpaired) electrons. The molecular weight excluding hydrogens is 353 g/mol. The van der Waals surface area contributed by atoms with Gasteiger partial charge in [0.15, 0.2) is 0 Å². The first-order valence-corrected chi connectivity index (χ1v) is 7.13. The molecule has 0 spiro atoms. The van der Waals surface area contributed by atoms with Gasteiger partial charge in [0.05, 0.1) is 23.6 Å². The van der Waals surface area contributed by atoms with Crippen LogP contribution in [0.25, 0.3) is 11.0 Å². The lowest BCUT2D eigenvalue weighted by molar-refractivity contribution is 0.449. The summed E-state index contributed by atoms with van der Waals surface area (Å²) in [6.45, 7) is 2.89. The molecule has 0 aliphatic heterocycles. The third kappa shape index (κ3) is 2.32. The van der Waals surface area contributed by atoms with Crippen LogP contribution in [0, 0.1) is 3.57 Å². The van der Waals surface area contributed by atoms with E-state index in [4.69, 9.17) is 5.73 Å². The minimum atomic E-state index is 0.199. The number of rotatable bonds is 3. The zero-order valence-electron chi connectivity index (χ0n) is 10.5. The molecule has 0 amide bonds. The Kier molecular flexibility index (Phi) is 3.17. The molecule has 1 aromatic carbocycles. The Balaban J connectivity index is 2.01. The lowest BCUT2D eigenvalue weighted by atomic mass is 10.2. The topological polar surface area (TPSA) is 61.7 Å². The zero-order valence-corrected chi connectivity index (χ0v) is 12.7. The second kappa shape index (κ2) is 4.84. The van der Waals surface area contributed by atoms with Crippen LogP contribution >= 0.6 is 22.6 Å². The van der Waals surface area contributed by atoms with Crippen molar-refractivity contribution in [3.63, 3.8) is 0 Å². The molecule has 0 saturated heterocycles. The molecule has 5 nitrogen and oxygen atoms in total. The first-order chi connectivity index (χ1) is 9.15. The number of hydrogen-bond acceptors (Lipinski definition) is 3. The summed E-state index contributed by atoms with van der Waals surface area (Å²) in [6.07, 6.45) is 3.74. The molecule has 98 valence electrons. The fraction of sp³-hybridized carbons (Fsp3) is 0.231. The molecule has 0 aliphatic rings. The number of fused-ring (bicyclic) bond motifs is 1. The van der Waals surface area contributed by atoms with E-state index in [-0.39, 0.29) is 6.04 Å². The summed E-state index contributed by atoms with van der Waals surface area (Å²) in [6, 6.07) is 8.31. The van der Waals surface area contributed by atoms with Gasteiger partial charge in [-0.15, -0.1) is 0 Å². The van der Waals surface area contributed by atoms with Gasteiger partial charge in [0.2, 0.25) is 5.95 Å². The first-order valence-electron chi connectivity index (χ1n) is 6.05. The first kappa shape index (κ1) is 12.5. The molecule has 2 aromatic heterocycles. The third-order valence-corrected chi connectivity index (χ3v) is 3.80. The maximum absolute atomic E-state index is 6.05. The van der Waals surface area contributed by atoms with E-state index in [0.717, 1.165) is 21.1 Å². The Morgan fingerprint density at radius 3 is 3.00 bits per heavy atom. The lowest BCUT2D eigenvalue weighted by Crippen LogP contribution is -2.15. The normalized spacial score (nSPS) is 12.9. The maximum Gasteiger partial charge on any atom is 0.201 e. The second-order valence-corrected chi connectivity index (χ2v) is 5.80. The van der Waals surface area contributed by atoms with Crippen LogP contribution in [-0.4, -0.2) is 19.3 Å². The van der Waals surface area contributed by atoms with Gasteiger partial charge in [-0.1, -0.05) is 0 Å². The molecule has 3 aromatic rings. The van der Waals surface area contributed by atoms with Crippen molar-refractivity contribution in [1.29, 1.82) is 0 Å². The van der Waals surface area contributed by atoms with E-state index >= 15 is 0 Å². The number of hydrogen-bond donors (Lipinski definition) is 1. The average molecular weight is 367 g/mol. The molecule has 0 saturated carbocycles. The Labute approximate surface area is 124 Å². The lowest BCUT2D eigenvalue weighted by Gasteiger charge is -2.16. The van der Waals surface area contributed by atoms with Gasteiger partial charge in [-0.25, -0.2) is 4.98 Å². The number of halogens is 1. The predicted octanol–water partition coefficient (Wildman–Crippen LogP) is 2.68. The minimum absolute atomic E-state index is 0.199. The van der Waals surface area contributed by atoms with E-state index in [1.54, 1.807) is 6.20 Å². The Hall–Kier alpha value is -1.57. The van der Waals surface area contributed by atoms with Crippen LogP contribution < -0.4 is 5.73 Å². The molecule has 1 atom stereocenters. The average Bonchev–Trinajstić information content (AvgIpc) is 2.95. The Bertz CT molecular complexity index is 701. The number of nitrogen functional groups attached to an aromatic ring is 1. The quantitative estimate of drug-likeness (QED) is 0.724. The highest BCUT2D eigenvalue weighted by atomic mass is 127. The smallest absolute Gasteiger partial charge is 0.201 e. The fourth-order valence-electron chi connectivity index (χ4n) is 2.31. The van der Waals surface area contributed by atoms with Crippen molar-refractivity contribution < 1.29 is 0 Å². The predicted molar refractivity (Wildman–Crippen MR) is 83.8 cm³/mol. The number of imidazole rings is 1. The van der Waals surface area contributed by atoms with E-state index in [1.807, 2.05) is 23.0 Å². The van der Waals surface area contributed by atoms with Crippen molar-refractivity contribution in [1.82, 2.24) is 19.3 Å². The van der Waals surface area contributed by atoms with Crippen LogP contribution in [0.2, 0.25) is 0 Å². The Morgan fingerprint density at radius 1 is 1.42 bits per heavy atom. The van der Waals surface area contributed by atoms with Crippen molar-refractivity contribution in [2.45, 2.75) is 19.5 Å². The van der Waals surface area contributed by atoms with Gasteiger partial charge in [0, 0.05) is 16.0 Å². The van der Waals surface area contributed by atoms with E-state index < -0.39 is 0 Å². The molecule has 3 rings (SSSR count). The van der Waals surface area contributed by atoms with Crippen molar-refractivity contribution in [2.75, 3.05) is 5.73 Å².